The number of anilines is 1. The molecule has 1 N–H and O–H groups in total. The predicted molar refractivity (Wildman–Crippen MR) is 129 cm³/mol. The Bertz CT molecular complexity index is 1290. The fourth-order valence-electron chi connectivity index (χ4n) is 4.35. The summed E-state index contributed by atoms with van der Waals surface area (Å²) in [4.78, 5) is 23.9. The normalized spacial score (nSPS) is 14.8. The number of hydrogen-bond acceptors (Lipinski definition) is 7. The number of pyridine rings is 2. The third-order valence-electron chi connectivity index (χ3n) is 5.93. The van der Waals surface area contributed by atoms with Crippen LogP contribution in [-0.2, 0) is 10.0 Å². The number of fused-ring (bicyclic) bond motifs is 1. The number of amides is 1. The molecule has 3 heterocycles. The Morgan fingerprint density at radius 3 is 2.45 bits per heavy atom. The minimum absolute atomic E-state index is 0.0362. The molecule has 0 unspecified atom stereocenters. The fraction of sp³-hybridized carbons (Fsp3) is 0.478. The predicted octanol–water partition coefficient (Wildman–Crippen LogP) is 3.49. The average molecular weight is 471 g/mol. The minimum Gasteiger partial charge on any atom is -0.363 e. The molecule has 1 saturated carbocycles. The van der Waals surface area contributed by atoms with Gasteiger partial charge in [0.15, 0.2) is 5.65 Å². The summed E-state index contributed by atoms with van der Waals surface area (Å²) in [6, 6.07) is 5.71. The number of rotatable bonds is 6. The number of nitrogens with one attached hydrogen (secondary N) is 1. The summed E-state index contributed by atoms with van der Waals surface area (Å²) in [6.07, 6.45) is 6.97. The molecule has 1 fully saturated rings. The maximum Gasteiger partial charge on any atom is 0.283 e. The van der Waals surface area contributed by atoms with E-state index in [0.717, 1.165) is 60.0 Å². The van der Waals surface area contributed by atoms with Gasteiger partial charge in [0.2, 0.25) is 10.0 Å². The molecule has 0 atom stereocenters. The largest absolute Gasteiger partial charge is 0.363 e. The van der Waals surface area contributed by atoms with Gasteiger partial charge in [0.05, 0.1) is 23.4 Å². The summed E-state index contributed by atoms with van der Waals surface area (Å²) >= 11 is 0. The summed E-state index contributed by atoms with van der Waals surface area (Å²) < 4.78 is 27.4. The third-order valence-corrected chi connectivity index (χ3v) is 6.49. The zero-order chi connectivity index (χ0) is 23.9. The first-order valence-corrected chi connectivity index (χ1v) is 13.0. The van der Waals surface area contributed by atoms with Crippen molar-refractivity contribution in [2.45, 2.75) is 51.5 Å². The Labute approximate surface area is 194 Å². The monoisotopic (exact) mass is 470 g/mol. The Morgan fingerprint density at radius 2 is 1.91 bits per heavy atom. The number of carbonyl (C=O) groups excluding carboxylic acids is 1. The Kier molecular flexibility index (Phi) is 6.13. The van der Waals surface area contributed by atoms with Crippen LogP contribution >= 0.6 is 0 Å². The van der Waals surface area contributed by atoms with Crippen molar-refractivity contribution in [2.24, 2.45) is 0 Å². The van der Waals surface area contributed by atoms with E-state index in [1.54, 1.807) is 12.3 Å². The second kappa shape index (κ2) is 8.74. The van der Waals surface area contributed by atoms with Crippen LogP contribution in [0.4, 0.5) is 5.82 Å². The second-order valence-electron chi connectivity index (χ2n) is 9.18. The van der Waals surface area contributed by atoms with Gasteiger partial charge in [0, 0.05) is 25.9 Å². The van der Waals surface area contributed by atoms with Gasteiger partial charge >= 0.3 is 0 Å². The Morgan fingerprint density at radius 1 is 1.21 bits per heavy atom. The van der Waals surface area contributed by atoms with E-state index in [1.807, 2.05) is 40.5 Å². The molecule has 1 aliphatic carbocycles. The molecule has 0 aliphatic heterocycles. The molecule has 0 saturated heterocycles. The molecule has 1 aliphatic rings. The van der Waals surface area contributed by atoms with E-state index in [1.165, 1.54) is 0 Å². The number of sulfonamides is 1. The lowest BCUT2D eigenvalue weighted by atomic mass is 9.98. The summed E-state index contributed by atoms with van der Waals surface area (Å²) in [5, 5.41) is 5.84. The van der Waals surface area contributed by atoms with Gasteiger partial charge in [-0.1, -0.05) is 26.7 Å². The van der Waals surface area contributed by atoms with Crippen LogP contribution in [0.25, 0.3) is 22.2 Å². The lowest BCUT2D eigenvalue weighted by Gasteiger charge is -2.14. The molecule has 3 aromatic heterocycles. The van der Waals surface area contributed by atoms with Gasteiger partial charge in [-0.15, -0.1) is 0 Å². The fourth-order valence-corrected chi connectivity index (χ4v) is 4.79. The zero-order valence-electron chi connectivity index (χ0n) is 19.7. The van der Waals surface area contributed by atoms with Crippen molar-refractivity contribution in [3.8, 4) is 11.1 Å². The van der Waals surface area contributed by atoms with E-state index in [-0.39, 0.29) is 17.7 Å². The smallest absolute Gasteiger partial charge is 0.283 e. The lowest BCUT2D eigenvalue weighted by Crippen LogP contribution is -2.30. The highest BCUT2D eigenvalue weighted by Crippen LogP contribution is 2.38. The summed E-state index contributed by atoms with van der Waals surface area (Å²) in [6.45, 7) is 4.17. The highest BCUT2D eigenvalue weighted by Gasteiger charge is 2.27. The van der Waals surface area contributed by atoms with Crippen LogP contribution in [0.5, 0.6) is 0 Å². The number of aromatic nitrogens is 4. The van der Waals surface area contributed by atoms with Gasteiger partial charge in [0.1, 0.15) is 11.5 Å². The van der Waals surface area contributed by atoms with Crippen molar-refractivity contribution >= 4 is 32.8 Å². The first kappa shape index (κ1) is 23.2. The van der Waals surface area contributed by atoms with Crippen molar-refractivity contribution in [3.63, 3.8) is 0 Å². The van der Waals surface area contributed by atoms with Crippen molar-refractivity contribution in [1.82, 2.24) is 24.5 Å². The third kappa shape index (κ3) is 4.71. The maximum absolute atomic E-state index is 12.8. The summed E-state index contributed by atoms with van der Waals surface area (Å²) in [5.74, 6) is 0.189. The highest BCUT2D eigenvalue weighted by atomic mass is 32.2. The summed E-state index contributed by atoms with van der Waals surface area (Å²) in [5.41, 5.74) is 3.14. The molecule has 176 valence electrons. The van der Waals surface area contributed by atoms with Crippen molar-refractivity contribution in [1.29, 1.82) is 0 Å². The molecule has 1 amide bonds. The maximum atomic E-state index is 12.8. The van der Waals surface area contributed by atoms with E-state index < -0.39 is 15.9 Å². The van der Waals surface area contributed by atoms with Crippen molar-refractivity contribution in [2.75, 3.05) is 25.3 Å². The average Bonchev–Trinajstić information content (AvgIpc) is 3.39. The van der Waals surface area contributed by atoms with E-state index >= 15 is 0 Å². The number of hydrogen-bond donors (Lipinski definition) is 1. The Hall–Kier alpha value is -3.01. The van der Waals surface area contributed by atoms with E-state index in [9.17, 15) is 13.2 Å². The molecule has 0 bridgehead atoms. The van der Waals surface area contributed by atoms with E-state index in [2.05, 4.69) is 23.8 Å². The van der Waals surface area contributed by atoms with E-state index in [4.69, 9.17) is 5.10 Å². The summed E-state index contributed by atoms with van der Waals surface area (Å²) in [7, 11) is 0.108. The van der Waals surface area contributed by atoms with Crippen LogP contribution in [0, 0.1) is 0 Å². The van der Waals surface area contributed by atoms with Crippen LogP contribution in [0.3, 0.4) is 0 Å². The number of nitrogens with zero attached hydrogens (tertiary/aromatic N) is 5. The first-order chi connectivity index (χ1) is 15.5. The van der Waals surface area contributed by atoms with Gasteiger partial charge in [-0.25, -0.2) is 27.8 Å². The topological polar surface area (TPSA) is 110 Å². The van der Waals surface area contributed by atoms with Crippen LogP contribution in [0.2, 0.25) is 0 Å². The first-order valence-electron chi connectivity index (χ1n) is 11.1. The SMILES string of the molecule is CC(C)c1nn(C2CCCC2)c2nc(C(=O)NS(C)(=O)=O)cc(-c3ccc(N(C)C)nc3)c12. The number of carbonyl (C=O) groups is 1. The standard InChI is InChI=1S/C23H30N6O3S/c1-14(2)21-20-17(15-10-11-19(24-13-15)28(3)4)12-18(23(30)27-33(5,31)32)25-22(20)29(26-21)16-8-6-7-9-16/h10-14,16H,6-9H2,1-5H3,(H,27,30). The second-order valence-corrected chi connectivity index (χ2v) is 10.9. The molecule has 0 aromatic carbocycles. The van der Waals surface area contributed by atoms with Crippen LogP contribution in [0.1, 0.15) is 67.7 Å². The molecule has 9 nitrogen and oxygen atoms in total. The van der Waals surface area contributed by atoms with Crippen LogP contribution in [0.15, 0.2) is 24.4 Å². The van der Waals surface area contributed by atoms with Gasteiger partial charge < -0.3 is 4.90 Å². The Balaban J connectivity index is 1.99. The molecular formula is C23H30N6O3S. The van der Waals surface area contributed by atoms with Gasteiger partial charge in [-0.05, 0) is 42.5 Å². The molecule has 0 spiro atoms. The van der Waals surface area contributed by atoms with Crippen LogP contribution < -0.4 is 9.62 Å². The van der Waals surface area contributed by atoms with E-state index in [0.29, 0.717) is 5.65 Å². The van der Waals surface area contributed by atoms with Gasteiger partial charge in [0.25, 0.3) is 5.91 Å². The van der Waals surface area contributed by atoms with Crippen molar-refractivity contribution < 1.29 is 13.2 Å². The molecule has 10 heteroatoms. The highest BCUT2D eigenvalue weighted by molar-refractivity contribution is 7.89. The van der Waals surface area contributed by atoms with Crippen LogP contribution in [-0.4, -0.2) is 54.4 Å². The molecule has 4 rings (SSSR count). The zero-order valence-corrected chi connectivity index (χ0v) is 20.5. The molecule has 0 radical (unpaired) electrons. The quantitative estimate of drug-likeness (QED) is 0.587. The van der Waals surface area contributed by atoms with Gasteiger partial charge in [-0.3, -0.25) is 4.79 Å². The molecular weight excluding hydrogens is 440 g/mol. The van der Waals surface area contributed by atoms with Gasteiger partial charge in [-0.2, -0.15) is 5.10 Å². The van der Waals surface area contributed by atoms with Crippen molar-refractivity contribution in [3.05, 3.63) is 35.8 Å². The molecule has 3 aromatic rings. The molecule has 33 heavy (non-hydrogen) atoms. The minimum atomic E-state index is -3.73. The lowest BCUT2D eigenvalue weighted by molar-refractivity contribution is 0.0977.